The topological polar surface area (TPSA) is 63.6 Å². The number of hydrogen-bond acceptors (Lipinski definition) is 3. The Morgan fingerprint density at radius 1 is 1.50 bits per heavy atom. The number of carboxylic acid groups (broad SMARTS) is 1. The molecule has 1 aliphatic heterocycles. The summed E-state index contributed by atoms with van der Waals surface area (Å²) in [5.41, 5.74) is -0.616. The number of hydrogen-bond donors (Lipinski definition) is 1. The lowest BCUT2D eigenvalue weighted by molar-refractivity contribution is -0.856. The first-order valence-electron chi connectivity index (χ1n) is 6.17. The average Bonchev–Trinajstić information content (AvgIpc) is 2.60. The lowest BCUT2D eigenvalue weighted by Crippen LogP contribution is -2.60. The Morgan fingerprint density at radius 3 is 2.56 bits per heavy atom. The highest BCUT2D eigenvalue weighted by Gasteiger charge is 2.53. The predicted molar refractivity (Wildman–Crippen MR) is 67.1 cm³/mol. The van der Waals surface area contributed by atoms with Gasteiger partial charge >= 0.3 is 12.1 Å². The molecule has 0 spiro atoms. The van der Waals surface area contributed by atoms with Gasteiger partial charge in [-0.25, -0.2) is 9.28 Å². The molecule has 102 valence electrons. The van der Waals surface area contributed by atoms with Gasteiger partial charge in [0, 0.05) is 12.8 Å². The summed E-state index contributed by atoms with van der Waals surface area (Å²) in [5.74, 6) is -0.944. The van der Waals surface area contributed by atoms with Crippen LogP contribution in [-0.2, 0) is 9.53 Å². The van der Waals surface area contributed by atoms with Crippen LogP contribution < -0.4 is 0 Å². The van der Waals surface area contributed by atoms with Crippen molar-refractivity contribution in [2.75, 3.05) is 13.1 Å². The van der Waals surface area contributed by atoms with E-state index in [4.69, 9.17) is 4.74 Å². The number of likely N-dealkylation sites (tertiary alicyclic amines) is 1. The van der Waals surface area contributed by atoms with E-state index in [2.05, 4.69) is 6.58 Å². The average molecular weight is 256 g/mol. The van der Waals surface area contributed by atoms with Crippen molar-refractivity contribution in [3.63, 3.8) is 0 Å². The number of carboxylic acids is 1. The van der Waals surface area contributed by atoms with Gasteiger partial charge < -0.3 is 9.84 Å². The number of ether oxygens (including phenoxy) is 1. The Bertz CT molecular complexity index is 358. The summed E-state index contributed by atoms with van der Waals surface area (Å²) >= 11 is 0. The van der Waals surface area contributed by atoms with Gasteiger partial charge in [-0.1, -0.05) is 6.58 Å². The molecule has 2 atom stereocenters. The van der Waals surface area contributed by atoms with E-state index in [9.17, 15) is 14.7 Å². The maximum Gasteiger partial charge on any atom is 0.517 e. The van der Waals surface area contributed by atoms with E-state index in [1.54, 1.807) is 26.8 Å². The molecule has 5 nitrogen and oxygen atoms in total. The van der Waals surface area contributed by atoms with Gasteiger partial charge in [0.2, 0.25) is 0 Å². The van der Waals surface area contributed by atoms with Crippen LogP contribution in [0, 0.1) is 0 Å². The molecule has 1 amide bonds. The van der Waals surface area contributed by atoms with E-state index in [0.29, 0.717) is 25.9 Å². The molecule has 5 heteroatoms. The first kappa shape index (κ1) is 14.7. The summed E-state index contributed by atoms with van der Waals surface area (Å²) in [7, 11) is 0. The van der Waals surface area contributed by atoms with Crippen LogP contribution in [0.3, 0.4) is 0 Å². The molecule has 1 N–H and O–H groups in total. The molecule has 1 rings (SSSR count). The van der Waals surface area contributed by atoms with Crippen molar-refractivity contribution in [3.05, 3.63) is 12.7 Å². The van der Waals surface area contributed by atoms with Crippen molar-refractivity contribution < 1.29 is 23.9 Å². The molecule has 18 heavy (non-hydrogen) atoms. The van der Waals surface area contributed by atoms with Crippen LogP contribution in [0.5, 0.6) is 0 Å². The van der Waals surface area contributed by atoms with E-state index in [-0.39, 0.29) is 4.48 Å². The fourth-order valence-electron chi connectivity index (χ4n) is 2.40. The van der Waals surface area contributed by atoms with Crippen molar-refractivity contribution in [2.45, 2.75) is 45.3 Å². The predicted octanol–water partition coefficient (Wildman–Crippen LogP) is 2.17. The van der Waals surface area contributed by atoms with Crippen molar-refractivity contribution >= 4 is 12.1 Å². The van der Waals surface area contributed by atoms with Crippen LogP contribution in [0.25, 0.3) is 0 Å². The third-order valence-electron chi connectivity index (χ3n) is 3.13. The molecule has 0 aliphatic carbocycles. The molecule has 1 heterocycles. The Kier molecular flexibility index (Phi) is 4.16. The Morgan fingerprint density at radius 2 is 2.11 bits per heavy atom. The second-order valence-corrected chi connectivity index (χ2v) is 5.71. The lowest BCUT2D eigenvalue weighted by Gasteiger charge is -2.35. The quantitative estimate of drug-likeness (QED) is 0.621. The summed E-state index contributed by atoms with van der Waals surface area (Å²) in [6.45, 7) is 9.76. The van der Waals surface area contributed by atoms with Crippen molar-refractivity contribution in [1.29, 1.82) is 0 Å². The van der Waals surface area contributed by atoms with Crippen LogP contribution in [0.2, 0.25) is 0 Å². The first-order valence-corrected chi connectivity index (χ1v) is 6.17. The maximum atomic E-state index is 12.3. The van der Waals surface area contributed by atoms with E-state index >= 15 is 0 Å². The lowest BCUT2D eigenvalue weighted by atomic mass is 10.2. The summed E-state index contributed by atoms with van der Waals surface area (Å²) in [4.78, 5) is 23.6. The molecule has 0 saturated carbocycles. The molecule has 1 saturated heterocycles. The molecule has 1 unspecified atom stereocenters. The highest BCUT2D eigenvalue weighted by molar-refractivity contribution is 5.75. The van der Waals surface area contributed by atoms with Gasteiger partial charge in [0.05, 0.1) is 6.54 Å². The zero-order valence-corrected chi connectivity index (χ0v) is 11.3. The summed E-state index contributed by atoms with van der Waals surface area (Å²) < 4.78 is 5.21. The number of nitrogens with zero attached hydrogens (tertiary/aromatic N) is 1. The zero-order chi connectivity index (χ0) is 14.0. The zero-order valence-electron chi connectivity index (χ0n) is 11.3. The fourth-order valence-corrected chi connectivity index (χ4v) is 2.40. The van der Waals surface area contributed by atoms with Gasteiger partial charge in [0.25, 0.3) is 0 Å². The van der Waals surface area contributed by atoms with Crippen molar-refractivity contribution in [3.8, 4) is 0 Å². The Hall–Kier alpha value is -1.36. The highest BCUT2D eigenvalue weighted by Crippen LogP contribution is 2.30. The highest BCUT2D eigenvalue weighted by atomic mass is 16.6. The SMILES string of the molecule is C=CC[N+]1(C(=O)OC(C)(C)C)CCC[C@H]1C(=O)O. The normalized spacial score (nSPS) is 27.8. The van der Waals surface area contributed by atoms with Crippen LogP contribution in [0.4, 0.5) is 4.79 Å². The number of carbonyl (C=O) groups is 2. The molecule has 0 aromatic rings. The second kappa shape index (κ2) is 5.10. The summed E-state index contributed by atoms with van der Waals surface area (Å²) in [5, 5.41) is 9.27. The molecule has 1 fully saturated rings. The van der Waals surface area contributed by atoms with Gasteiger partial charge in [0.1, 0.15) is 12.1 Å². The largest absolute Gasteiger partial charge is 0.517 e. The van der Waals surface area contributed by atoms with Gasteiger partial charge in [-0.3, -0.25) is 0 Å². The van der Waals surface area contributed by atoms with E-state index < -0.39 is 23.7 Å². The standard InChI is InChI=1S/C13H21NO4/c1-5-8-14(12(17)18-13(2,3)4)9-6-7-10(14)11(15)16/h5,10H,1,6-9H2,2-4H3/p+1/t10-,14?/m0/s1. The molecule has 0 radical (unpaired) electrons. The fraction of sp³-hybridized carbons (Fsp3) is 0.692. The summed E-state index contributed by atoms with van der Waals surface area (Å²) in [6, 6.07) is -0.724. The third kappa shape index (κ3) is 2.90. The minimum absolute atomic E-state index is 0.171. The maximum absolute atomic E-state index is 12.3. The van der Waals surface area contributed by atoms with Gasteiger partial charge in [0.15, 0.2) is 6.04 Å². The second-order valence-electron chi connectivity index (χ2n) is 5.71. The molecule has 0 bridgehead atoms. The molecular weight excluding hydrogens is 234 g/mol. The van der Waals surface area contributed by atoms with E-state index in [1.165, 1.54) is 0 Å². The van der Waals surface area contributed by atoms with Crippen LogP contribution in [-0.4, -0.2) is 46.4 Å². The molecular formula is C13H22NO4+. The van der Waals surface area contributed by atoms with Gasteiger partial charge in [-0.2, -0.15) is 4.79 Å². The minimum atomic E-state index is -0.944. The first-order chi connectivity index (χ1) is 8.23. The Labute approximate surface area is 108 Å². The smallest absolute Gasteiger partial charge is 0.477 e. The summed E-state index contributed by atoms with van der Waals surface area (Å²) in [6.07, 6.45) is 2.34. The third-order valence-corrected chi connectivity index (χ3v) is 3.13. The monoisotopic (exact) mass is 256 g/mol. The van der Waals surface area contributed by atoms with E-state index in [1.807, 2.05) is 0 Å². The molecule has 1 aliphatic rings. The Balaban J connectivity index is 3.03. The number of rotatable bonds is 3. The van der Waals surface area contributed by atoms with Crippen LogP contribution >= 0.6 is 0 Å². The number of quaternary nitrogens is 1. The van der Waals surface area contributed by atoms with Crippen LogP contribution in [0.15, 0.2) is 12.7 Å². The number of amides is 1. The van der Waals surface area contributed by atoms with Crippen LogP contribution in [0.1, 0.15) is 33.6 Å². The molecule has 0 aromatic carbocycles. The van der Waals surface area contributed by atoms with E-state index in [0.717, 1.165) is 0 Å². The van der Waals surface area contributed by atoms with Gasteiger partial charge in [-0.05, 0) is 26.8 Å². The minimum Gasteiger partial charge on any atom is -0.477 e. The number of aliphatic carboxylic acids is 1. The van der Waals surface area contributed by atoms with Gasteiger partial charge in [-0.15, -0.1) is 0 Å². The van der Waals surface area contributed by atoms with Crippen molar-refractivity contribution in [1.82, 2.24) is 0 Å². The number of carbonyl (C=O) groups excluding carboxylic acids is 1. The van der Waals surface area contributed by atoms with Crippen molar-refractivity contribution in [2.24, 2.45) is 0 Å². The molecule has 0 aromatic heterocycles.